The summed E-state index contributed by atoms with van der Waals surface area (Å²) in [6, 6.07) is 14.0. The van der Waals surface area contributed by atoms with Gasteiger partial charge >= 0.3 is 5.56 Å². The van der Waals surface area contributed by atoms with Crippen LogP contribution in [0.1, 0.15) is 35.2 Å². The number of aromatic nitrogens is 6. The number of aryl methyl sites for hydroxylation is 2. The molecule has 2 aliphatic heterocycles. The van der Waals surface area contributed by atoms with Gasteiger partial charge in [0.2, 0.25) is 0 Å². The number of hydrogen-bond acceptors (Lipinski definition) is 5. The van der Waals surface area contributed by atoms with Gasteiger partial charge in [-0.3, -0.25) is 19.4 Å². The topological polar surface area (TPSA) is 78.5 Å². The lowest BCUT2D eigenvalue weighted by Gasteiger charge is -2.12. The van der Waals surface area contributed by atoms with Crippen LogP contribution in [0.2, 0.25) is 0 Å². The van der Waals surface area contributed by atoms with Gasteiger partial charge in [0.15, 0.2) is 5.69 Å². The molecule has 2 aromatic heterocycles. The van der Waals surface area contributed by atoms with Gasteiger partial charge in [-0.25, -0.2) is 0 Å². The van der Waals surface area contributed by atoms with E-state index in [0.29, 0.717) is 17.9 Å². The standard InChI is InChI=1S/C29H26N6O/c1-18-7-6-10-25(20(18)3)35-29(36)28-27(33-35)23-8-4-5-9-26(23)34(32-28)17-21-12-14-24(31-15-21)22-13-11-19(2)30-16-22/h6-16H,4-5,17H2,1-3H3. The molecule has 7 heteroatoms. The van der Waals surface area contributed by atoms with Crippen LogP contribution in [0.15, 0.2) is 59.7 Å². The van der Waals surface area contributed by atoms with Crippen molar-refractivity contribution < 1.29 is 0 Å². The third kappa shape index (κ3) is 3.73. The van der Waals surface area contributed by atoms with E-state index in [9.17, 15) is 4.79 Å². The number of pyridine rings is 2. The summed E-state index contributed by atoms with van der Waals surface area (Å²) in [7, 11) is 0. The van der Waals surface area contributed by atoms with Crippen LogP contribution in [-0.2, 0) is 6.54 Å². The highest BCUT2D eigenvalue weighted by Crippen LogP contribution is 2.19. The summed E-state index contributed by atoms with van der Waals surface area (Å²) in [5, 5.41) is 11.5. The van der Waals surface area contributed by atoms with Gasteiger partial charge in [-0.15, -0.1) is 0 Å². The molecule has 3 aliphatic rings. The van der Waals surface area contributed by atoms with Crippen molar-refractivity contribution >= 4 is 12.2 Å². The summed E-state index contributed by atoms with van der Waals surface area (Å²) in [6.45, 7) is 6.53. The Kier molecular flexibility index (Phi) is 5.33. The van der Waals surface area contributed by atoms with Crippen LogP contribution in [0.5, 0.6) is 0 Å². The van der Waals surface area contributed by atoms with Gasteiger partial charge in [-0.2, -0.15) is 14.9 Å². The maximum Gasteiger partial charge on any atom is 0.301 e. The summed E-state index contributed by atoms with van der Waals surface area (Å²) in [6.07, 6.45) is 9.90. The Labute approximate surface area is 208 Å². The molecule has 6 rings (SSSR count). The summed E-state index contributed by atoms with van der Waals surface area (Å²) in [5.41, 5.74) is 7.63. The molecule has 0 radical (unpaired) electrons. The van der Waals surface area contributed by atoms with Gasteiger partial charge in [0, 0.05) is 28.9 Å². The Morgan fingerprint density at radius 3 is 2.50 bits per heavy atom. The highest BCUT2D eigenvalue weighted by atomic mass is 16.1. The Morgan fingerprint density at radius 2 is 1.72 bits per heavy atom. The van der Waals surface area contributed by atoms with E-state index in [1.807, 2.05) is 74.2 Å². The third-order valence-corrected chi connectivity index (χ3v) is 6.87. The highest BCUT2D eigenvalue weighted by molar-refractivity contribution is 5.61. The number of nitrogens with zero attached hydrogens (tertiary/aromatic N) is 6. The normalized spacial score (nSPS) is 12.8. The summed E-state index contributed by atoms with van der Waals surface area (Å²) in [5.74, 6) is 0. The van der Waals surface area contributed by atoms with Gasteiger partial charge in [-0.1, -0.05) is 30.4 Å². The highest BCUT2D eigenvalue weighted by Gasteiger charge is 2.23. The molecule has 7 nitrogen and oxygen atoms in total. The van der Waals surface area contributed by atoms with Gasteiger partial charge in [-0.05, 0) is 74.6 Å². The number of benzene rings is 1. The molecule has 0 saturated carbocycles. The molecule has 1 aromatic carbocycles. The summed E-state index contributed by atoms with van der Waals surface area (Å²) < 4.78 is 3.41. The van der Waals surface area contributed by atoms with Crippen molar-refractivity contribution in [3.63, 3.8) is 0 Å². The van der Waals surface area contributed by atoms with Crippen LogP contribution in [0.25, 0.3) is 40.5 Å². The largest absolute Gasteiger partial charge is 0.301 e. The molecule has 0 unspecified atom stereocenters. The second-order valence-corrected chi connectivity index (χ2v) is 9.32. The van der Waals surface area contributed by atoms with Gasteiger partial charge in [0.05, 0.1) is 23.3 Å². The first-order valence-corrected chi connectivity index (χ1v) is 12.1. The third-order valence-electron chi connectivity index (χ3n) is 6.87. The molecule has 0 N–H and O–H groups in total. The van der Waals surface area contributed by atoms with Crippen LogP contribution in [0.4, 0.5) is 0 Å². The Balaban J connectivity index is 1.45. The van der Waals surface area contributed by atoms with Crippen molar-refractivity contribution in [2.24, 2.45) is 0 Å². The smallest absolute Gasteiger partial charge is 0.265 e. The molecule has 4 heterocycles. The first-order chi connectivity index (χ1) is 17.5. The van der Waals surface area contributed by atoms with Gasteiger partial charge < -0.3 is 0 Å². The van der Waals surface area contributed by atoms with Crippen LogP contribution < -0.4 is 16.1 Å². The Hall–Kier alpha value is -4.39. The van der Waals surface area contributed by atoms with E-state index in [-0.39, 0.29) is 5.56 Å². The molecule has 0 atom stereocenters. The van der Waals surface area contributed by atoms with E-state index < -0.39 is 0 Å². The molecule has 178 valence electrons. The fourth-order valence-electron chi connectivity index (χ4n) is 4.70. The zero-order valence-corrected chi connectivity index (χ0v) is 20.6. The van der Waals surface area contributed by atoms with E-state index >= 15 is 0 Å². The molecule has 0 amide bonds. The zero-order chi connectivity index (χ0) is 24.8. The minimum absolute atomic E-state index is 0.199. The predicted molar refractivity (Wildman–Crippen MR) is 140 cm³/mol. The molecule has 0 saturated heterocycles. The molecular weight excluding hydrogens is 448 g/mol. The van der Waals surface area contributed by atoms with Gasteiger partial charge in [0.25, 0.3) is 0 Å². The minimum Gasteiger partial charge on any atom is -0.265 e. The number of rotatable bonds is 4. The molecule has 36 heavy (non-hydrogen) atoms. The lowest BCUT2D eigenvalue weighted by atomic mass is 10.1. The molecular formula is C29H26N6O. The summed E-state index contributed by atoms with van der Waals surface area (Å²) >= 11 is 0. The van der Waals surface area contributed by atoms with Crippen LogP contribution in [-0.4, -0.2) is 29.5 Å². The van der Waals surface area contributed by atoms with Crippen molar-refractivity contribution in [1.29, 1.82) is 0 Å². The van der Waals surface area contributed by atoms with Crippen LogP contribution in [0.3, 0.4) is 0 Å². The fourth-order valence-corrected chi connectivity index (χ4v) is 4.70. The van der Waals surface area contributed by atoms with Crippen molar-refractivity contribution in [2.75, 3.05) is 0 Å². The van der Waals surface area contributed by atoms with Crippen molar-refractivity contribution in [3.8, 4) is 28.3 Å². The molecule has 0 fully saturated rings. The average Bonchev–Trinajstić information content (AvgIpc) is 3.23. The second kappa shape index (κ2) is 8.68. The van der Waals surface area contributed by atoms with E-state index in [4.69, 9.17) is 10.2 Å². The van der Waals surface area contributed by atoms with Crippen LogP contribution >= 0.6 is 0 Å². The number of hydrogen-bond donors (Lipinski definition) is 0. The second-order valence-electron chi connectivity index (χ2n) is 9.32. The van der Waals surface area contributed by atoms with Crippen molar-refractivity contribution in [3.05, 3.63) is 98.2 Å². The van der Waals surface area contributed by atoms with E-state index in [2.05, 4.69) is 28.2 Å². The van der Waals surface area contributed by atoms with Gasteiger partial charge in [0.1, 0.15) is 5.69 Å². The lowest BCUT2D eigenvalue weighted by Crippen LogP contribution is -2.41. The molecule has 0 spiro atoms. The zero-order valence-electron chi connectivity index (χ0n) is 20.6. The van der Waals surface area contributed by atoms with E-state index in [1.54, 1.807) is 0 Å². The maximum absolute atomic E-state index is 13.5. The molecule has 1 aliphatic carbocycles. The van der Waals surface area contributed by atoms with Crippen molar-refractivity contribution in [2.45, 2.75) is 40.2 Å². The number of fused-ring (bicyclic) bond motifs is 3. The Bertz CT molecular complexity index is 1740. The lowest BCUT2D eigenvalue weighted by molar-refractivity contribution is 0.634. The fraction of sp³-hybridized carbons (Fsp3) is 0.207. The first kappa shape index (κ1) is 22.1. The van der Waals surface area contributed by atoms with E-state index in [1.165, 1.54) is 4.68 Å². The average molecular weight is 475 g/mol. The Morgan fingerprint density at radius 1 is 0.861 bits per heavy atom. The quantitative estimate of drug-likeness (QED) is 0.399. The molecule has 0 bridgehead atoms. The summed E-state index contributed by atoms with van der Waals surface area (Å²) in [4.78, 5) is 22.5. The maximum atomic E-state index is 13.5. The van der Waals surface area contributed by atoms with E-state index in [0.717, 1.165) is 62.7 Å². The predicted octanol–water partition coefficient (Wildman–Crippen LogP) is 3.32. The molecule has 3 aromatic rings. The first-order valence-electron chi connectivity index (χ1n) is 12.1. The monoisotopic (exact) mass is 474 g/mol. The van der Waals surface area contributed by atoms with Crippen molar-refractivity contribution in [1.82, 2.24) is 29.5 Å². The van der Waals surface area contributed by atoms with Crippen LogP contribution in [0, 0.1) is 20.8 Å². The SMILES string of the molecule is Cc1ccc(-c2ccc(Cn3nc4c(=O)n(-c5cccc(C)c5C)nc-4c4c3=CCCC=4)cn2)cn1. The minimum atomic E-state index is -0.199.